The van der Waals surface area contributed by atoms with Crippen LogP contribution in [-0.2, 0) is 11.2 Å². The van der Waals surface area contributed by atoms with Gasteiger partial charge in [0.15, 0.2) is 0 Å². The minimum atomic E-state index is -0.753. The fraction of sp³-hybridized carbons (Fsp3) is 0.643. The van der Waals surface area contributed by atoms with Gasteiger partial charge in [-0.2, -0.15) is 0 Å². The number of hydrogen-bond acceptors (Lipinski definition) is 4. The van der Waals surface area contributed by atoms with E-state index in [0.29, 0.717) is 19.6 Å². The Hall–Kier alpha value is -1.63. The lowest BCUT2D eigenvalue weighted by Gasteiger charge is -2.31. The highest BCUT2D eigenvalue weighted by molar-refractivity contribution is 7.09. The van der Waals surface area contributed by atoms with Crippen molar-refractivity contribution in [1.29, 1.82) is 0 Å². The second kappa shape index (κ2) is 7.40. The van der Waals surface area contributed by atoms with Crippen LogP contribution >= 0.6 is 11.3 Å². The van der Waals surface area contributed by atoms with E-state index >= 15 is 0 Å². The second-order valence-electron chi connectivity index (χ2n) is 5.37. The number of piperidine rings is 1. The highest BCUT2D eigenvalue weighted by Crippen LogP contribution is 2.20. The second-order valence-corrected chi connectivity index (χ2v) is 6.43. The molecule has 1 aromatic heterocycles. The van der Waals surface area contributed by atoms with Crippen molar-refractivity contribution in [1.82, 2.24) is 15.2 Å². The third-order valence-corrected chi connectivity index (χ3v) is 4.51. The van der Waals surface area contributed by atoms with Crippen LogP contribution in [0, 0.1) is 12.8 Å². The maximum atomic E-state index is 12.0. The summed E-state index contributed by atoms with van der Waals surface area (Å²) >= 11 is 1.61. The van der Waals surface area contributed by atoms with E-state index in [4.69, 9.17) is 5.11 Å². The molecule has 2 rings (SSSR count). The first-order chi connectivity index (χ1) is 10.0. The number of rotatable bonds is 5. The van der Waals surface area contributed by atoms with Gasteiger partial charge in [-0.05, 0) is 25.7 Å². The summed E-state index contributed by atoms with van der Waals surface area (Å²) in [5, 5.41) is 14.7. The third kappa shape index (κ3) is 5.00. The molecule has 0 spiro atoms. The van der Waals surface area contributed by atoms with Crippen LogP contribution in [0.5, 0.6) is 0 Å². The van der Waals surface area contributed by atoms with Crippen molar-refractivity contribution < 1.29 is 14.7 Å². The van der Waals surface area contributed by atoms with Gasteiger partial charge in [0.2, 0.25) is 0 Å². The number of hydrogen-bond donors (Lipinski definition) is 2. The molecule has 0 unspecified atom stereocenters. The Labute approximate surface area is 128 Å². The molecule has 1 aliphatic rings. The Balaban J connectivity index is 1.66. The number of urea groups is 1. The minimum absolute atomic E-state index is 0.0595. The largest absolute Gasteiger partial charge is 0.481 e. The first kappa shape index (κ1) is 15.8. The number of thiazole rings is 1. The molecule has 1 aromatic rings. The SMILES string of the molecule is Cc1nc(CCNC(=O)N2CCC(CC(=O)O)CC2)cs1. The number of amides is 2. The lowest BCUT2D eigenvalue weighted by Crippen LogP contribution is -2.45. The van der Waals surface area contributed by atoms with Crippen LogP contribution in [0.25, 0.3) is 0 Å². The Bertz CT molecular complexity index is 495. The standard InChI is InChI=1S/C14H21N3O3S/c1-10-16-12(9-21-10)2-5-15-14(20)17-6-3-11(4-7-17)8-13(18)19/h9,11H,2-8H2,1H3,(H,15,20)(H,18,19). The zero-order valence-corrected chi connectivity index (χ0v) is 13.0. The number of carboxylic acid groups (broad SMARTS) is 1. The van der Waals surface area contributed by atoms with Gasteiger partial charge >= 0.3 is 12.0 Å². The number of carbonyl (C=O) groups excluding carboxylic acids is 1. The maximum Gasteiger partial charge on any atom is 0.317 e. The quantitative estimate of drug-likeness (QED) is 0.870. The molecular formula is C14H21N3O3S. The van der Waals surface area contributed by atoms with Gasteiger partial charge in [0.1, 0.15) is 0 Å². The van der Waals surface area contributed by atoms with Crippen molar-refractivity contribution >= 4 is 23.3 Å². The van der Waals surface area contributed by atoms with Crippen LogP contribution < -0.4 is 5.32 Å². The zero-order valence-electron chi connectivity index (χ0n) is 12.2. The van der Waals surface area contributed by atoms with E-state index in [0.717, 1.165) is 30.0 Å². The highest BCUT2D eigenvalue weighted by atomic mass is 32.1. The summed E-state index contributed by atoms with van der Waals surface area (Å²) in [6, 6.07) is -0.0595. The summed E-state index contributed by atoms with van der Waals surface area (Å²) in [7, 11) is 0. The Kier molecular flexibility index (Phi) is 5.55. The van der Waals surface area contributed by atoms with Gasteiger partial charge in [0, 0.05) is 37.9 Å². The van der Waals surface area contributed by atoms with E-state index in [2.05, 4.69) is 10.3 Å². The van der Waals surface area contributed by atoms with Crippen LogP contribution in [0.1, 0.15) is 30.0 Å². The minimum Gasteiger partial charge on any atom is -0.481 e. The van der Waals surface area contributed by atoms with Gasteiger partial charge in [0.25, 0.3) is 0 Å². The monoisotopic (exact) mass is 311 g/mol. The van der Waals surface area contributed by atoms with E-state index < -0.39 is 5.97 Å². The van der Waals surface area contributed by atoms with Crippen LogP contribution in [0.4, 0.5) is 4.79 Å². The molecule has 0 saturated carbocycles. The molecular weight excluding hydrogens is 290 g/mol. The van der Waals surface area contributed by atoms with Crippen molar-refractivity contribution in [2.24, 2.45) is 5.92 Å². The molecule has 2 N–H and O–H groups in total. The highest BCUT2D eigenvalue weighted by Gasteiger charge is 2.23. The summed E-state index contributed by atoms with van der Waals surface area (Å²) in [6.45, 7) is 3.82. The topological polar surface area (TPSA) is 82.5 Å². The molecule has 1 aliphatic heterocycles. The molecule has 1 saturated heterocycles. The number of aromatic nitrogens is 1. The molecule has 0 aromatic carbocycles. The summed E-state index contributed by atoms with van der Waals surface area (Å²) in [5.41, 5.74) is 1.01. The van der Waals surface area contributed by atoms with Gasteiger partial charge in [-0.3, -0.25) is 4.79 Å². The number of aryl methyl sites for hydroxylation is 1. The van der Waals surface area contributed by atoms with Gasteiger partial charge in [-0.1, -0.05) is 0 Å². The van der Waals surface area contributed by atoms with Gasteiger partial charge < -0.3 is 15.3 Å². The van der Waals surface area contributed by atoms with Crippen molar-refractivity contribution in [3.63, 3.8) is 0 Å². The Morgan fingerprint density at radius 3 is 2.76 bits per heavy atom. The molecule has 2 amide bonds. The molecule has 2 heterocycles. The van der Waals surface area contributed by atoms with Gasteiger partial charge in [-0.25, -0.2) is 9.78 Å². The molecule has 0 aliphatic carbocycles. The number of nitrogens with zero attached hydrogens (tertiary/aromatic N) is 2. The molecule has 21 heavy (non-hydrogen) atoms. The van der Waals surface area contributed by atoms with Gasteiger partial charge in [-0.15, -0.1) is 11.3 Å². The molecule has 0 atom stereocenters. The summed E-state index contributed by atoms with van der Waals surface area (Å²) in [5.74, 6) is -0.555. The fourth-order valence-corrected chi connectivity index (χ4v) is 3.17. The van der Waals surface area contributed by atoms with Crippen LogP contribution in [0.15, 0.2) is 5.38 Å². The van der Waals surface area contributed by atoms with E-state index in [1.54, 1.807) is 16.2 Å². The maximum absolute atomic E-state index is 12.0. The molecule has 0 bridgehead atoms. The molecule has 0 radical (unpaired) electrons. The van der Waals surface area contributed by atoms with Gasteiger partial charge in [0.05, 0.1) is 10.7 Å². The Morgan fingerprint density at radius 1 is 1.48 bits per heavy atom. The van der Waals surface area contributed by atoms with Crippen molar-refractivity contribution in [3.8, 4) is 0 Å². The van der Waals surface area contributed by atoms with Crippen molar-refractivity contribution in [2.75, 3.05) is 19.6 Å². The molecule has 7 heteroatoms. The first-order valence-corrected chi connectivity index (χ1v) is 8.08. The number of nitrogens with one attached hydrogen (secondary N) is 1. The average molecular weight is 311 g/mol. The number of carboxylic acids is 1. The van der Waals surface area contributed by atoms with Crippen LogP contribution in [0.2, 0.25) is 0 Å². The summed E-state index contributed by atoms with van der Waals surface area (Å²) in [6.07, 6.45) is 2.49. The summed E-state index contributed by atoms with van der Waals surface area (Å²) < 4.78 is 0. The van der Waals surface area contributed by atoms with Crippen LogP contribution in [-0.4, -0.2) is 46.6 Å². The molecule has 116 valence electrons. The van der Waals surface area contributed by atoms with E-state index in [-0.39, 0.29) is 18.4 Å². The van der Waals surface area contributed by atoms with E-state index in [9.17, 15) is 9.59 Å². The lowest BCUT2D eigenvalue weighted by atomic mass is 9.94. The third-order valence-electron chi connectivity index (χ3n) is 3.69. The fourth-order valence-electron chi connectivity index (χ4n) is 2.52. The van der Waals surface area contributed by atoms with Crippen molar-refractivity contribution in [3.05, 3.63) is 16.1 Å². The van der Waals surface area contributed by atoms with E-state index in [1.807, 2.05) is 12.3 Å². The first-order valence-electron chi connectivity index (χ1n) is 7.20. The zero-order chi connectivity index (χ0) is 15.2. The Morgan fingerprint density at radius 2 is 2.19 bits per heavy atom. The van der Waals surface area contributed by atoms with Crippen molar-refractivity contribution in [2.45, 2.75) is 32.6 Å². The lowest BCUT2D eigenvalue weighted by molar-refractivity contribution is -0.138. The smallest absolute Gasteiger partial charge is 0.317 e. The average Bonchev–Trinajstić information content (AvgIpc) is 2.84. The predicted octanol–water partition coefficient (Wildman–Crippen LogP) is 1.89. The normalized spacial score (nSPS) is 16.0. The number of likely N-dealkylation sites (tertiary alicyclic amines) is 1. The number of aliphatic carboxylic acids is 1. The number of carbonyl (C=O) groups is 2. The molecule has 6 nitrogen and oxygen atoms in total. The summed E-state index contributed by atoms with van der Waals surface area (Å²) in [4.78, 5) is 28.8. The molecule has 1 fully saturated rings. The predicted molar refractivity (Wildman–Crippen MR) is 80.5 cm³/mol. The van der Waals surface area contributed by atoms with Crippen LogP contribution in [0.3, 0.4) is 0 Å². The van der Waals surface area contributed by atoms with E-state index in [1.165, 1.54) is 0 Å².